The normalized spacial score (nSPS) is 10.3. The Morgan fingerprint density at radius 2 is 2.14 bits per heavy atom. The number of nitrogen functional groups attached to an aromatic ring is 1. The Bertz CT molecular complexity index is 349. The van der Waals surface area contributed by atoms with E-state index in [1.165, 1.54) is 7.11 Å². The van der Waals surface area contributed by atoms with Gasteiger partial charge in [-0.2, -0.15) is 4.98 Å². The predicted octanol–water partition coefficient (Wildman–Crippen LogP) is 0.893. The van der Waals surface area contributed by atoms with Crippen LogP contribution in [0.15, 0.2) is 6.07 Å². The van der Waals surface area contributed by atoms with E-state index < -0.39 is 0 Å². The van der Waals surface area contributed by atoms with Crippen LogP contribution in [0.5, 0.6) is 5.88 Å². The lowest BCUT2D eigenvalue weighted by atomic mass is 10.2. The number of amidine groups is 1. The SMILES string of the molecule is COc1cc(C(=N)N)nc(C(C)C)n1. The fourth-order valence-electron chi connectivity index (χ4n) is 0.944. The van der Waals surface area contributed by atoms with Gasteiger partial charge in [-0.15, -0.1) is 0 Å². The summed E-state index contributed by atoms with van der Waals surface area (Å²) < 4.78 is 4.99. The third-order valence-corrected chi connectivity index (χ3v) is 1.72. The van der Waals surface area contributed by atoms with Gasteiger partial charge in [0.2, 0.25) is 5.88 Å². The summed E-state index contributed by atoms with van der Waals surface area (Å²) in [6.07, 6.45) is 0. The topological polar surface area (TPSA) is 84.9 Å². The maximum atomic E-state index is 7.28. The molecule has 0 atom stereocenters. The first-order valence-corrected chi connectivity index (χ1v) is 4.32. The van der Waals surface area contributed by atoms with Gasteiger partial charge < -0.3 is 10.5 Å². The summed E-state index contributed by atoms with van der Waals surface area (Å²) in [6.45, 7) is 3.94. The minimum Gasteiger partial charge on any atom is -0.481 e. The quantitative estimate of drug-likeness (QED) is 0.552. The number of hydrogen-bond donors (Lipinski definition) is 2. The summed E-state index contributed by atoms with van der Waals surface area (Å²) in [7, 11) is 1.52. The zero-order valence-electron chi connectivity index (χ0n) is 8.53. The molecular weight excluding hydrogens is 180 g/mol. The number of ether oxygens (including phenoxy) is 1. The molecule has 1 rings (SSSR count). The molecule has 0 bridgehead atoms. The van der Waals surface area contributed by atoms with Crippen LogP contribution in [-0.4, -0.2) is 22.9 Å². The largest absolute Gasteiger partial charge is 0.481 e. The summed E-state index contributed by atoms with van der Waals surface area (Å²) in [4.78, 5) is 8.29. The van der Waals surface area contributed by atoms with Gasteiger partial charge in [0.05, 0.1) is 7.11 Å². The van der Waals surface area contributed by atoms with Crippen molar-refractivity contribution in [1.29, 1.82) is 5.41 Å². The highest BCUT2D eigenvalue weighted by molar-refractivity contribution is 5.93. The molecule has 0 radical (unpaired) electrons. The second kappa shape index (κ2) is 4.04. The number of nitrogens with two attached hydrogens (primary N) is 1. The van der Waals surface area contributed by atoms with Crippen molar-refractivity contribution in [2.45, 2.75) is 19.8 Å². The third-order valence-electron chi connectivity index (χ3n) is 1.72. The van der Waals surface area contributed by atoms with E-state index in [9.17, 15) is 0 Å². The lowest BCUT2D eigenvalue weighted by Gasteiger charge is -2.08. The van der Waals surface area contributed by atoms with Gasteiger partial charge in [-0.05, 0) is 0 Å². The number of hydrogen-bond acceptors (Lipinski definition) is 4. The number of methoxy groups -OCH3 is 1. The number of aromatic nitrogens is 2. The molecule has 5 nitrogen and oxygen atoms in total. The highest BCUT2D eigenvalue weighted by atomic mass is 16.5. The molecule has 14 heavy (non-hydrogen) atoms. The van der Waals surface area contributed by atoms with E-state index >= 15 is 0 Å². The monoisotopic (exact) mass is 194 g/mol. The van der Waals surface area contributed by atoms with Crippen molar-refractivity contribution >= 4 is 5.84 Å². The van der Waals surface area contributed by atoms with Crippen LogP contribution in [0, 0.1) is 5.41 Å². The molecule has 1 heterocycles. The number of nitrogens with zero attached hydrogens (tertiary/aromatic N) is 2. The molecule has 0 saturated carbocycles. The van der Waals surface area contributed by atoms with Crippen LogP contribution in [0.25, 0.3) is 0 Å². The fourth-order valence-corrected chi connectivity index (χ4v) is 0.944. The highest BCUT2D eigenvalue weighted by Crippen LogP contribution is 2.14. The molecule has 0 spiro atoms. The molecule has 5 heteroatoms. The second-order valence-corrected chi connectivity index (χ2v) is 3.22. The number of rotatable bonds is 3. The third kappa shape index (κ3) is 2.18. The average Bonchev–Trinajstić information content (AvgIpc) is 2.16. The van der Waals surface area contributed by atoms with Crippen molar-refractivity contribution < 1.29 is 4.74 Å². The maximum absolute atomic E-state index is 7.28. The standard InChI is InChI=1S/C9H14N4O/c1-5(2)9-12-6(8(10)11)4-7(13-9)14-3/h4-5H,1-3H3,(H3,10,11). The molecule has 0 saturated heterocycles. The van der Waals surface area contributed by atoms with Crippen LogP contribution in [0.4, 0.5) is 0 Å². The molecule has 3 N–H and O–H groups in total. The van der Waals surface area contributed by atoms with Crippen LogP contribution in [0.1, 0.15) is 31.3 Å². The van der Waals surface area contributed by atoms with Crippen LogP contribution in [0.2, 0.25) is 0 Å². The molecule has 0 aliphatic carbocycles. The van der Waals surface area contributed by atoms with Gasteiger partial charge in [-0.1, -0.05) is 13.8 Å². The zero-order valence-corrected chi connectivity index (χ0v) is 8.53. The van der Waals surface area contributed by atoms with E-state index in [4.69, 9.17) is 15.9 Å². The van der Waals surface area contributed by atoms with Crippen molar-refractivity contribution in [2.24, 2.45) is 5.73 Å². The van der Waals surface area contributed by atoms with Gasteiger partial charge in [0.15, 0.2) is 0 Å². The fraction of sp³-hybridized carbons (Fsp3) is 0.444. The zero-order chi connectivity index (χ0) is 10.7. The van der Waals surface area contributed by atoms with E-state index in [0.29, 0.717) is 17.4 Å². The summed E-state index contributed by atoms with van der Waals surface area (Å²) in [5.74, 6) is 1.18. The summed E-state index contributed by atoms with van der Waals surface area (Å²) in [5.41, 5.74) is 5.75. The molecule has 0 aromatic carbocycles. The van der Waals surface area contributed by atoms with Crippen LogP contribution in [-0.2, 0) is 0 Å². The molecule has 0 fully saturated rings. The molecular formula is C9H14N4O. The van der Waals surface area contributed by atoms with E-state index in [1.54, 1.807) is 6.07 Å². The van der Waals surface area contributed by atoms with Gasteiger partial charge in [-0.3, -0.25) is 5.41 Å². The minimum absolute atomic E-state index is 0.0763. The first kappa shape index (κ1) is 10.4. The summed E-state index contributed by atoms with van der Waals surface area (Å²) in [5, 5.41) is 7.28. The number of nitrogens with one attached hydrogen (secondary N) is 1. The Labute approximate surface area is 82.8 Å². The van der Waals surface area contributed by atoms with Crippen LogP contribution >= 0.6 is 0 Å². The van der Waals surface area contributed by atoms with Gasteiger partial charge >= 0.3 is 0 Å². The smallest absolute Gasteiger partial charge is 0.217 e. The van der Waals surface area contributed by atoms with Gasteiger partial charge in [0.1, 0.15) is 17.4 Å². The Morgan fingerprint density at radius 1 is 1.50 bits per heavy atom. The van der Waals surface area contributed by atoms with Gasteiger partial charge in [-0.25, -0.2) is 4.98 Å². The minimum atomic E-state index is -0.0763. The van der Waals surface area contributed by atoms with E-state index in [0.717, 1.165) is 0 Å². The van der Waals surface area contributed by atoms with Crippen molar-refractivity contribution in [3.63, 3.8) is 0 Å². The lowest BCUT2D eigenvalue weighted by molar-refractivity contribution is 0.393. The first-order valence-electron chi connectivity index (χ1n) is 4.32. The van der Waals surface area contributed by atoms with E-state index in [-0.39, 0.29) is 11.8 Å². The van der Waals surface area contributed by atoms with E-state index in [2.05, 4.69) is 9.97 Å². The molecule has 0 amide bonds. The predicted molar refractivity (Wildman–Crippen MR) is 53.7 cm³/mol. The molecule has 76 valence electrons. The summed E-state index contributed by atoms with van der Waals surface area (Å²) in [6, 6.07) is 1.55. The molecule has 0 aliphatic rings. The molecule has 1 aromatic rings. The second-order valence-electron chi connectivity index (χ2n) is 3.22. The van der Waals surface area contributed by atoms with E-state index in [1.807, 2.05) is 13.8 Å². The Kier molecular flexibility index (Phi) is 3.01. The van der Waals surface area contributed by atoms with Crippen molar-refractivity contribution in [2.75, 3.05) is 7.11 Å². The van der Waals surface area contributed by atoms with Crippen LogP contribution in [0.3, 0.4) is 0 Å². The van der Waals surface area contributed by atoms with Crippen molar-refractivity contribution in [3.05, 3.63) is 17.6 Å². The van der Waals surface area contributed by atoms with Crippen molar-refractivity contribution in [3.8, 4) is 5.88 Å². The lowest BCUT2D eigenvalue weighted by Crippen LogP contribution is -2.15. The molecule has 1 aromatic heterocycles. The first-order chi connectivity index (χ1) is 6.54. The summed E-state index contributed by atoms with van der Waals surface area (Å²) >= 11 is 0. The van der Waals surface area contributed by atoms with Crippen molar-refractivity contribution in [1.82, 2.24) is 9.97 Å². The molecule has 0 aliphatic heterocycles. The van der Waals surface area contributed by atoms with Crippen LogP contribution < -0.4 is 10.5 Å². The van der Waals surface area contributed by atoms with Gasteiger partial charge in [0, 0.05) is 12.0 Å². The Balaban J connectivity index is 3.20. The highest BCUT2D eigenvalue weighted by Gasteiger charge is 2.09. The Morgan fingerprint density at radius 3 is 2.57 bits per heavy atom. The maximum Gasteiger partial charge on any atom is 0.217 e. The molecule has 0 unspecified atom stereocenters. The Hall–Kier alpha value is -1.65. The average molecular weight is 194 g/mol. The van der Waals surface area contributed by atoms with Gasteiger partial charge in [0.25, 0.3) is 0 Å².